The molecule has 16 heteroatoms. The second-order valence-corrected chi connectivity index (χ2v) is 10.4. The van der Waals surface area contributed by atoms with Crippen molar-refractivity contribution in [1.82, 2.24) is 5.32 Å². The van der Waals surface area contributed by atoms with Crippen LogP contribution < -0.4 is 16.0 Å². The van der Waals surface area contributed by atoms with Gasteiger partial charge in [-0.3, -0.25) is 14.4 Å². The van der Waals surface area contributed by atoms with E-state index in [-0.39, 0.29) is 22.0 Å². The summed E-state index contributed by atoms with van der Waals surface area (Å²) in [5, 5.41) is 2.29. The van der Waals surface area contributed by atoms with Crippen molar-refractivity contribution >= 4 is 40.6 Å². The number of alkyl halides is 9. The maximum atomic E-state index is 13.5. The largest absolute Gasteiger partial charge is 0.416 e. The number of rotatable bonds is 9. The maximum absolute atomic E-state index is 13.5. The van der Waals surface area contributed by atoms with E-state index in [1.807, 2.05) is 0 Å². The number of benzene rings is 2. The second-order valence-electron chi connectivity index (χ2n) is 10.0. The molecule has 2 amide bonds. The van der Waals surface area contributed by atoms with Crippen LogP contribution in [0.3, 0.4) is 0 Å². The third-order valence-electron chi connectivity index (χ3n) is 6.96. The molecule has 0 spiro atoms. The molecule has 0 fully saturated rings. The maximum Gasteiger partial charge on any atom is 0.416 e. The van der Waals surface area contributed by atoms with E-state index >= 15 is 0 Å². The van der Waals surface area contributed by atoms with E-state index in [4.69, 9.17) is 17.3 Å². The van der Waals surface area contributed by atoms with Crippen molar-refractivity contribution in [2.45, 2.75) is 56.7 Å². The van der Waals surface area contributed by atoms with E-state index in [1.54, 1.807) is 0 Å². The molecule has 1 heterocycles. The van der Waals surface area contributed by atoms with E-state index in [2.05, 4.69) is 5.32 Å². The van der Waals surface area contributed by atoms with Crippen molar-refractivity contribution in [3.63, 3.8) is 0 Å². The topological polar surface area (TPSA) is 92.5 Å². The fraction of sp³-hybridized carbons (Fsp3) is 0.444. The number of amides is 2. The number of anilines is 2. The normalized spacial score (nSPS) is 17.6. The van der Waals surface area contributed by atoms with Gasteiger partial charge in [-0.15, -0.1) is 0 Å². The zero-order chi connectivity index (χ0) is 32.3. The molecule has 0 bridgehead atoms. The predicted molar refractivity (Wildman–Crippen MR) is 137 cm³/mol. The summed E-state index contributed by atoms with van der Waals surface area (Å²) in [6.07, 6.45) is -20.3. The zero-order valence-electron chi connectivity index (χ0n) is 22.0. The summed E-state index contributed by atoms with van der Waals surface area (Å²) < 4.78 is 118. The van der Waals surface area contributed by atoms with Gasteiger partial charge in [-0.25, -0.2) is 0 Å². The smallest absolute Gasteiger partial charge is 0.369 e. The second kappa shape index (κ2) is 13.0. The van der Waals surface area contributed by atoms with Gasteiger partial charge in [0.05, 0.1) is 12.1 Å². The third-order valence-corrected chi connectivity index (χ3v) is 7.31. The summed E-state index contributed by atoms with van der Waals surface area (Å²) in [4.78, 5) is 39.9. The van der Waals surface area contributed by atoms with Crippen LogP contribution in [-0.4, -0.2) is 42.5 Å². The highest BCUT2D eigenvalue weighted by molar-refractivity contribution is 6.32. The lowest BCUT2D eigenvalue weighted by Gasteiger charge is -2.30. The molecule has 43 heavy (non-hydrogen) atoms. The molecule has 0 radical (unpaired) electrons. The van der Waals surface area contributed by atoms with Crippen molar-refractivity contribution in [3.05, 3.63) is 58.6 Å². The van der Waals surface area contributed by atoms with Gasteiger partial charge >= 0.3 is 18.5 Å². The lowest BCUT2D eigenvalue weighted by molar-refractivity contribution is -0.152. The van der Waals surface area contributed by atoms with Gasteiger partial charge < -0.3 is 16.0 Å². The Kier molecular flexibility index (Phi) is 10.3. The Morgan fingerprint density at radius 2 is 1.51 bits per heavy atom. The van der Waals surface area contributed by atoms with Gasteiger partial charge in [-0.1, -0.05) is 23.7 Å². The standard InChI is InChI=1S/C27H25ClF9N3O3/c28-19-5-2-6-21-18(19)12-22(41)20(13-40(21)15-4-1-3-14(11-15)27(35,36)37)39-24(43)17(8-10-26(32,33)34)16(23(38)42)7-9-25(29,30)31/h1-6,11,16-17,20H,7-10,12-13H2,(H2,38,42)(H,39,43)/t16-,17+,20-/m0/s1. The molecule has 0 unspecified atom stereocenters. The molecule has 0 saturated carbocycles. The number of Topliss-reactive ketones (excluding diaryl/α,β-unsaturated/α-hetero) is 1. The molecule has 236 valence electrons. The van der Waals surface area contributed by atoms with Gasteiger partial charge in [0.25, 0.3) is 0 Å². The lowest BCUT2D eigenvalue weighted by Crippen LogP contribution is -2.51. The molecule has 3 atom stereocenters. The van der Waals surface area contributed by atoms with Crippen molar-refractivity contribution < 1.29 is 53.9 Å². The van der Waals surface area contributed by atoms with Crippen LogP contribution in [0.15, 0.2) is 42.5 Å². The number of fused-ring (bicyclic) bond motifs is 1. The summed E-state index contributed by atoms with van der Waals surface area (Å²) >= 11 is 6.28. The Balaban J connectivity index is 2.00. The molecule has 0 saturated heterocycles. The van der Waals surface area contributed by atoms with Crippen LogP contribution in [-0.2, 0) is 27.0 Å². The van der Waals surface area contributed by atoms with E-state index in [1.165, 1.54) is 29.2 Å². The summed E-state index contributed by atoms with van der Waals surface area (Å²) in [6.45, 7) is -0.519. The molecule has 0 aliphatic carbocycles. The van der Waals surface area contributed by atoms with Crippen molar-refractivity contribution in [2.75, 3.05) is 11.4 Å². The van der Waals surface area contributed by atoms with Gasteiger partial charge in [-0.05, 0) is 43.2 Å². The summed E-state index contributed by atoms with van der Waals surface area (Å²) in [6, 6.07) is 6.76. The van der Waals surface area contributed by atoms with Gasteiger partial charge in [0.15, 0.2) is 5.78 Å². The van der Waals surface area contributed by atoms with Crippen LogP contribution in [0, 0.1) is 11.8 Å². The van der Waals surface area contributed by atoms with Crippen LogP contribution in [0.5, 0.6) is 0 Å². The highest BCUT2D eigenvalue weighted by Gasteiger charge is 2.41. The first kappa shape index (κ1) is 34.0. The number of ketones is 1. The molecule has 6 nitrogen and oxygen atoms in total. The number of nitrogens with two attached hydrogens (primary N) is 1. The number of nitrogens with zero attached hydrogens (tertiary/aromatic N) is 1. The Bertz CT molecular complexity index is 1350. The Hall–Kier alpha value is -3.49. The van der Waals surface area contributed by atoms with E-state index < -0.39 is 98.2 Å². The fourth-order valence-electron chi connectivity index (χ4n) is 4.85. The van der Waals surface area contributed by atoms with Crippen LogP contribution in [0.4, 0.5) is 50.9 Å². The minimum Gasteiger partial charge on any atom is -0.369 e. The van der Waals surface area contributed by atoms with E-state index in [0.717, 1.165) is 18.2 Å². The minimum absolute atomic E-state index is 0.0683. The van der Waals surface area contributed by atoms with E-state index in [9.17, 15) is 53.9 Å². The van der Waals surface area contributed by atoms with Gasteiger partial charge in [0.1, 0.15) is 6.04 Å². The summed E-state index contributed by atoms with van der Waals surface area (Å²) in [5.74, 6) is -7.47. The number of carbonyl (C=O) groups is 3. The van der Waals surface area contributed by atoms with Crippen molar-refractivity contribution in [2.24, 2.45) is 17.6 Å². The van der Waals surface area contributed by atoms with Gasteiger partial charge in [0, 0.05) is 53.1 Å². The summed E-state index contributed by atoms with van der Waals surface area (Å²) in [5.41, 5.74) is 4.50. The number of hydrogen-bond acceptors (Lipinski definition) is 4. The van der Waals surface area contributed by atoms with Gasteiger partial charge in [-0.2, -0.15) is 39.5 Å². The molecule has 0 aromatic heterocycles. The van der Waals surface area contributed by atoms with E-state index in [0.29, 0.717) is 0 Å². The zero-order valence-corrected chi connectivity index (χ0v) is 22.8. The lowest BCUT2D eigenvalue weighted by atomic mass is 9.83. The molecule has 3 rings (SSSR count). The average molecular weight is 646 g/mol. The minimum atomic E-state index is -4.85. The molecule has 2 aromatic rings. The number of primary amides is 1. The number of carbonyl (C=O) groups excluding carboxylic acids is 3. The van der Waals surface area contributed by atoms with Crippen LogP contribution in [0.1, 0.15) is 36.8 Å². The van der Waals surface area contributed by atoms with Gasteiger partial charge in [0.2, 0.25) is 11.8 Å². The molecule has 3 N–H and O–H groups in total. The molecule has 1 aliphatic heterocycles. The van der Waals surface area contributed by atoms with Crippen LogP contribution in [0.2, 0.25) is 5.02 Å². The predicted octanol–water partition coefficient (Wildman–Crippen LogP) is 6.51. The Morgan fingerprint density at radius 3 is 2.07 bits per heavy atom. The first-order valence-corrected chi connectivity index (χ1v) is 13.1. The number of halogens is 10. The average Bonchev–Trinajstić information content (AvgIpc) is 3.01. The quantitative estimate of drug-likeness (QED) is 0.304. The third kappa shape index (κ3) is 9.25. The Morgan fingerprint density at radius 1 is 0.930 bits per heavy atom. The Labute approximate surface area is 244 Å². The monoisotopic (exact) mass is 645 g/mol. The molecular formula is C27H25ClF9N3O3. The highest BCUT2D eigenvalue weighted by Crippen LogP contribution is 2.39. The number of nitrogens with one attached hydrogen (secondary N) is 1. The van der Waals surface area contributed by atoms with Crippen LogP contribution >= 0.6 is 11.6 Å². The molecular weight excluding hydrogens is 621 g/mol. The molecule has 1 aliphatic rings. The summed E-state index contributed by atoms with van der Waals surface area (Å²) in [7, 11) is 0. The first-order chi connectivity index (χ1) is 19.8. The molecule has 2 aromatic carbocycles. The van der Waals surface area contributed by atoms with Crippen molar-refractivity contribution in [3.8, 4) is 0 Å². The highest BCUT2D eigenvalue weighted by atomic mass is 35.5. The van der Waals surface area contributed by atoms with Crippen LogP contribution in [0.25, 0.3) is 0 Å². The fourth-order valence-corrected chi connectivity index (χ4v) is 5.09. The number of hydrogen-bond donors (Lipinski definition) is 2. The van der Waals surface area contributed by atoms with Crippen molar-refractivity contribution in [1.29, 1.82) is 0 Å². The SMILES string of the molecule is NC(=O)[C@@H](CCC(F)(F)F)[C@@H](CCC(F)(F)F)C(=O)N[C@H]1CN(c2cccc(C(F)(F)F)c2)c2cccc(Cl)c2CC1=O. The first-order valence-electron chi connectivity index (χ1n) is 12.7.